The van der Waals surface area contributed by atoms with Crippen molar-refractivity contribution in [2.45, 2.75) is 18.9 Å². The second-order valence-corrected chi connectivity index (χ2v) is 4.29. The Morgan fingerprint density at radius 3 is 3.46 bits per heavy atom. The largest absolute Gasteiger partial charge is 0.348 e. The van der Waals surface area contributed by atoms with Crippen molar-refractivity contribution in [3.8, 4) is 0 Å². The number of nitrogens with one attached hydrogen (secondary N) is 2. The normalized spacial score (nSPS) is 21.5. The van der Waals surface area contributed by atoms with Crippen LogP contribution in [0, 0.1) is 0 Å². The number of thioether (sulfide) groups is 1. The molecule has 72 valence electrons. The van der Waals surface area contributed by atoms with E-state index in [4.69, 9.17) is 0 Å². The zero-order valence-electron chi connectivity index (χ0n) is 7.84. The fraction of sp³-hybridized carbons (Fsp3) is 0.667. The molecule has 0 bridgehead atoms. The molecule has 0 aliphatic carbocycles. The molecule has 0 amide bonds. The first kappa shape index (κ1) is 9.09. The van der Waals surface area contributed by atoms with Crippen LogP contribution in [-0.2, 0) is 6.42 Å². The Kier molecular flexibility index (Phi) is 2.90. The van der Waals surface area contributed by atoms with Crippen molar-refractivity contribution in [3.05, 3.63) is 17.7 Å². The summed E-state index contributed by atoms with van der Waals surface area (Å²) in [4.78, 5) is 7.57. The lowest BCUT2D eigenvalue weighted by Gasteiger charge is -2.22. The van der Waals surface area contributed by atoms with Crippen molar-refractivity contribution in [1.82, 2.24) is 15.3 Å². The van der Waals surface area contributed by atoms with E-state index in [1.54, 1.807) is 0 Å². The van der Waals surface area contributed by atoms with Crippen molar-refractivity contribution in [3.63, 3.8) is 0 Å². The summed E-state index contributed by atoms with van der Waals surface area (Å²) in [6.07, 6.45) is 6.22. The van der Waals surface area contributed by atoms with E-state index >= 15 is 0 Å². The molecule has 2 heterocycles. The lowest BCUT2D eigenvalue weighted by molar-refractivity contribution is 0.483. The Balaban J connectivity index is 2.07. The van der Waals surface area contributed by atoms with Gasteiger partial charge in [-0.2, -0.15) is 11.8 Å². The fourth-order valence-corrected chi connectivity index (χ4v) is 2.25. The number of hydrogen-bond acceptors (Lipinski definition) is 3. The summed E-state index contributed by atoms with van der Waals surface area (Å²) in [7, 11) is 0. The van der Waals surface area contributed by atoms with Crippen LogP contribution in [0.3, 0.4) is 0 Å². The SMILES string of the molecule is CSCCC1NCCc2[nH]cnc21. The van der Waals surface area contributed by atoms with Gasteiger partial charge in [0.05, 0.1) is 18.1 Å². The second kappa shape index (κ2) is 4.15. The van der Waals surface area contributed by atoms with Crippen molar-refractivity contribution in [2.24, 2.45) is 0 Å². The smallest absolute Gasteiger partial charge is 0.0925 e. The monoisotopic (exact) mass is 197 g/mol. The van der Waals surface area contributed by atoms with Gasteiger partial charge >= 0.3 is 0 Å². The highest BCUT2D eigenvalue weighted by Gasteiger charge is 2.20. The highest BCUT2D eigenvalue weighted by molar-refractivity contribution is 7.98. The zero-order valence-corrected chi connectivity index (χ0v) is 8.66. The molecule has 13 heavy (non-hydrogen) atoms. The molecular formula is C9H15N3S. The van der Waals surface area contributed by atoms with E-state index in [0.717, 1.165) is 13.0 Å². The number of H-pyrrole nitrogens is 1. The maximum absolute atomic E-state index is 4.36. The Labute approximate surface area is 82.7 Å². The maximum atomic E-state index is 4.36. The van der Waals surface area contributed by atoms with Crippen LogP contribution in [0.15, 0.2) is 6.33 Å². The van der Waals surface area contributed by atoms with Gasteiger partial charge in [0.25, 0.3) is 0 Å². The van der Waals surface area contributed by atoms with Gasteiger partial charge in [-0.3, -0.25) is 0 Å². The van der Waals surface area contributed by atoms with E-state index < -0.39 is 0 Å². The summed E-state index contributed by atoms with van der Waals surface area (Å²) < 4.78 is 0. The highest BCUT2D eigenvalue weighted by Crippen LogP contribution is 2.22. The predicted molar refractivity (Wildman–Crippen MR) is 56.0 cm³/mol. The molecule has 0 radical (unpaired) electrons. The average Bonchev–Trinajstić information content (AvgIpc) is 2.62. The highest BCUT2D eigenvalue weighted by atomic mass is 32.2. The van der Waals surface area contributed by atoms with Gasteiger partial charge in [0.2, 0.25) is 0 Å². The first-order chi connectivity index (χ1) is 6.42. The van der Waals surface area contributed by atoms with Gasteiger partial charge in [0.1, 0.15) is 0 Å². The minimum absolute atomic E-state index is 0.474. The average molecular weight is 197 g/mol. The van der Waals surface area contributed by atoms with Gasteiger partial charge in [-0.1, -0.05) is 0 Å². The van der Waals surface area contributed by atoms with Gasteiger partial charge in [0.15, 0.2) is 0 Å². The van der Waals surface area contributed by atoms with Gasteiger partial charge in [-0.05, 0) is 18.4 Å². The molecule has 2 rings (SSSR count). The lowest BCUT2D eigenvalue weighted by Crippen LogP contribution is -2.30. The van der Waals surface area contributed by atoms with Crippen molar-refractivity contribution in [1.29, 1.82) is 0 Å². The maximum Gasteiger partial charge on any atom is 0.0925 e. The summed E-state index contributed by atoms with van der Waals surface area (Å²) in [5.41, 5.74) is 2.56. The van der Waals surface area contributed by atoms with Gasteiger partial charge in [-0.15, -0.1) is 0 Å². The zero-order chi connectivity index (χ0) is 9.10. The third-order valence-corrected chi connectivity index (χ3v) is 3.10. The van der Waals surface area contributed by atoms with Gasteiger partial charge < -0.3 is 10.3 Å². The predicted octanol–water partition coefficient (Wildman–Crippen LogP) is 1.35. The number of aromatic nitrogens is 2. The van der Waals surface area contributed by atoms with Crippen molar-refractivity contribution >= 4 is 11.8 Å². The van der Waals surface area contributed by atoms with Crippen LogP contribution in [-0.4, -0.2) is 28.5 Å². The molecule has 0 spiro atoms. The van der Waals surface area contributed by atoms with Crippen LogP contribution in [0.4, 0.5) is 0 Å². The number of aromatic amines is 1. The third kappa shape index (κ3) is 1.89. The Morgan fingerprint density at radius 1 is 1.69 bits per heavy atom. The van der Waals surface area contributed by atoms with Gasteiger partial charge in [-0.25, -0.2) is 4.98 Å². The van der Waals surface area contributed by atoms with Crippen LogP contribution in [0.2, 0.25) is 0 Å². The molecule has 2 N–H and O–H groups in total. The van der Waals surface area contributed by atoms with Crippen LogP contribution in [0.1, 0.15) is 23.9 Å². The number of hydrogen-bond donors (Lipinski definition) is 2. The second-order valence-electron chi connectivity index (χ2n) is 3.30. The van der Waals surface area contributed by atoms with E-state index in [9.17, 15) is 0 Å². The number of fused-ring (bicyclic) bond motifs is 1. The third-order valence-electron chi connectivity index (χ3n) is 2.46. The van der Waals surface area contributed by atoms with Crippen LogP contribution in [0.5, 0.6) is 0 Å². The molecule has 0 saturated heterocycles. The minimum atomic E-state index is 0.474. The molecule has 1 aliphatic rings. The van der Waals surface area contributed by atoms with E-state index in [2.05, 4.69) is 21.5 Å². The number of rotatable bonds is 3. The Bertz CT molecular complexity index is 272. The molecule has 1 atom stereocenters. The van der Waals surface area contributed by atoms with E-state index in [1.807, 2.05) is 18.1 Å². The van der Waals surface area contributed by atoms with Crippen LogP contribution < -0.4 is 5.32 Å². The molecule has 1 aromatic rings. The first-order valence-corrected chi connectivity index (χ1v) is 6.05. The van der Waals surface area contributed by atoms with Crippen LogP contribution in [0.25, 0.3) is 0 Å². The lowest BCUT2D eigenvalue weighted by atomic mass is 10.0. The van der Waals surface area contributed by atoms with Crippen molar-refractivity contribution in [2.75, 3.05) is 18.6 Å². The fourth-order valence-electron chi connectivity index (χ4n) is 1.77. The van der Waals surface area contributed by atoms with Crippen LogP contribution >= 0.6 is 11.8 Å². The Morgan fingerprint density at radius 2 is 2.62 bits per heavy atom. The standard InChI is InChI=1S/C9H15N3S/c1-13-5-3-8-9-7(2-4-10-8)11-6-12-9/h6,8,10H,2-5H2,1H3,(H,11,12). The molecule has 1 aromatic heterocycles. The van der Waals surface area contributed by atoms with Gasteiger partial charge in [0, 0.05) is 18.7 Å². The first-order valence-electron chi connectivity index (χ1n) is 4.66. The number of imidazole rings is 1. The van der Waals surface area contributed by atoms with E-state index in [0.29, 0.717) is 6.04 Å². The molecular weight excluding hydrogens is 182 g/mol. The summed E-state index contributed by atoms with van der Waals surface area (Å²) >= 11 is 1.89. The molecule has 3 nitrogen and oxygen atoms in total. The molecule has 4 heteroatoms. The molecule has 0 aromatic carbocycles. The minimum Gasteiger partial charge on any atom is -0.348 e. The molecule has 0 saturated carbocycles. The number of nitrogens with zero attached hydrogens (tertiary/aromatic N) is 1. The molecule has 1 aliphatic heterocycles. The summed E-state index contributed by atoms with van der Waals surface area (Å²) in [5.74, 6) is 1.20. The van der Waals surface area contributed by atoms with E-state index in [-0.39, 0.29) is 0 Å². The Hall–Kier alpha value is -0.480. The van der Waals surface area contributed by atoms with E-state index in [1.165, 1.54) is 23.6 Å². The van der Waals surface area contributed by atoms with Crippen molar-refractivity contribution < 1.29 is 0 Å². The topological polar surface area (TPSA) is 40.7 Å². The molecule has 1 unspecified atom stereocenters. The quantitative estimate of drug-likeness (QED) is 0.768. The summed E-state index contributed by atoms with van der Waals surface area (Å²) in [6, 6.07) is 0.474. The molecule has 0 fully saturated rings. The summed E-state index contributed by atoms with van der Waals surface area (Å²) in [5, 5.41) is 3.50. The summed E-state index contributed by atoms with van der Waals surface area (Å²) in [6.45, 7) is 1.08.